The molecule has 1 amide bonds. The number of hydrogen-bond donors (Lipinski definition) is 1. The van der Waals surface area contributed by atoms with Crippen LogP contribution in [0.25, 0.3) is 0 Å². The molecule has 5 aliphatic heterocycles. The monoisotopic (exact) mass is 658 g/mol. The van der Waals surface area contributed by atoms with Gasteiger partial charge < -0.3 is 25.0 Å². The van der Waals surface area contributed by atoms with Gasteiger partial charge >= 0.3 is 6.09 Å². The number of alkyl halides is 1. The molecule has 7 rings (SSSR count). The molecule has 2 N–H and O–H groups in total. The Hall–Kier alpha value is -4.16. The maximum absolute atomic E-state index is 16.3. The lowest BCUT2D eigenvalue weighted by molar-refractivity contribution is -0.0373. The molecule has 5 aliphatic rings. The van der Waals surface area contributed by atoms with Crippen molar-refractivity contribution in [2.75, 3.05) is 46.3 Å². The molecule has 48 heavy (non-hydrogen) atoms. The van der Waals surface area contributed by atoms with Crippen LogP contribution in [-0.2, 0) is 4.74 Å². The number of carbonyl (C=O) groups excluding carboxylic acids is 1. The zero-order valence-corrected chi connectivity index (χ0v) is 28.3. The number of fused-ring (bicyclic) bond motifs is 1. The number of nitrogens with zero attached hydrogens (tertiary/aromatic N) is 7. The molecule has 0 spiro atoms. The Morgan fingerprint density at radius 1 is 0.896 bits per heavy atom. The summed E-state index contributed by atoms with van der Waals surface area (Å²) in [6, 6.07) is 17.8. The lowest BCUT2D eigenvalue weighted by Gasteiger charge is -2.50. The van der Waals surface area contributed by atoms with Gasteiger partial charge in [-0.05, 0) is 76.4 Å². The quantitative estimate of drug-likeness (QED) is 0.486. The fraction of sp³-hybridized carbons (Fsp3) is 0.528. The Bertz CT molecular complexity index is 1560. The third-order valence-electron chi connectivity index (χ3n) is 10.1. The van der Waals surface area contributed by atoms with E-state index in [1.165, 1.54) is 0 Å². The van der Waals surface area contributed by atoms with E-state index in [4.69, 9.17) is 20.3 Å². The number of aliphatic imine (C=N–C) groups is 1. The highest BCUT2D eigenvalue weighted by Gasteiger charge is 2.47. The number of likely N-dealkylation sites (N-methyl/N-ethyl adjacent to an activating group) is 1. The molecule has 256 valence electrons. The summed E-state index contributed by atoms with van der Waals surface area (Å²) >= 11 is 0. The van der Waals surface area contributed by atoms with Crippen LogP contribution in [0.3, 0.4) is 0 Å². The summed E-state index contributed by atoms with van der Waals surface area (Å²) in [6.45, 7) is 10.2. The molecule has 0 bridgehead atoms. The zero-order valence-electron chi connectivity index (χ0n) is 28.3. The van der Waals surface area contributed by atoms with Gasteiger partial charge in [0.05, 0.1) is 18.0 Å². The molecule has 1 unspecified atom stereocenters. The van der Waals surface area contributed by atoms with Crippen LogP contribution in [0, 0.1) is 0 Å². The summed E-state index contributed by atoms with van der Waals surface area (Å²) in [6.07, 6.45) is 2.76. The Balaban J connectivity index is 0.974. The van der Waals surface area contributed by atoms with Gasteiger partial charge in [-0.25, -0.2) is 14.2 Å². The van der Waals surface area contributed by atoms with Crippen molar-refractivity contribution in [3.05, 3.63) is 71.6 Å². The number of ether oxygens (including phenoxy) is 2. The smallest absolute Gasteiger partial charge is 0.410 e. The summed E-state index contributed by atoms with van der Waals surface area (Å²) in [5.41, 5.74) is 8.39. The molecule has 11 nitrogen and oxygen atoms in total. The van der Waals surface area contributed by atoms with Crippen LogP contribution in [0.1, 0.15) is 45.6 Å². The standard InChI is InChI=1S/C36H47FN8O3/c1-36(2,3)48-35(46)44-20-26(21-44)42-17-14-25(15-18-42)43-19-16-30(29(37)22-43)45-34-31(33(38)39-23-41(34)4)32(40-45)24-10-12-28(13-11-24)47-27-8-6-5-7-9-27/h5-13,23,25-26,29-30,34H,14-22,38H2,1-4H3/t29-,30-,34?/m1/s1. The number of carbonyl (C=O) groups is 1. The molecule has 0 radical (unpaired) electrons. The summed E-state index contributed by atoms with van der Waals surface area (Å²) < 4.78 is 27.8. The molecule has 2 aromatic carbocycles. The van der Waals surface area contributed by atoms with E-state index in [2.05, 4.69) is 14.8 Å². The fourth-order valence-corrected chi connectivity index (χ4v) is 7.51. The predicted octanol–water partition coefficient (Wildman–Crippen LogP) is 4.46. The van der Waals surface area contributed by atoms with Crippen LogP contribution >= 0.6 is 0 Å². The van der Waals surface area contributed by atoms with Crippen molar-refractivity contribution in [3.8, 4) is 11.5 Å². The van der Waals surface area contributed by atoms with Crippen LogP contribution in [-0.4, -0.2) is 125 Å². The first kappa shape index (κ1) is 32.4. The van der Waals surface area contributed by atoms with Crippen molar-refractivity contribution < 1.29 is 18.7 Å². The number of likely N-dealkylation sites (tertiary alicyclic amines) is 3. The Morgan fingerprint density at radius 3 is 2.23 bits per heavy atom. The lowest BCUT2D eigenvalue weighted by Crippen LogP contribution is -2.64. The van der Waals surface area contributed by atoms with Gasteiger partial charge in [0.15, 0.2) is 6.17 Å². The average Bonchev–Trinajstić information content (AvgIpc) is 3.44. The molecule has 5 heterocycles. The van der Waals surface area contributed by atoms with E-state index in [0.717, 1.165) is 60.8 Å². The van der Waals surface area contributed by atoms with Gasteiger partial charge in [0, 0.05) is 64.0 Å². The number of piperidine rings is 2. The SMILES string of the molecule is CN1C=NC(N)=C2C(c3ccc(Oc4ccccc4)cc3)=NN([C@@H]3CCN(C4CCN(C5CN(C(=O)OC(C)(C)C)C5)CC4)C[C@H]3F)C21. The molecular formula is C36H47FN8O3. The number of halogens is 1. The second kappa shape index (κ2) is 13.0. The van der Waals surface area contributed by atoms with Gasteiger partial charge in [-0.2, -0.15) is 5.10 Å². The normalized spacial score (nSPS) is 26.0. The van der Waals surface area contributed by atoms with E-state index >= 15 is 4.39 Å². The largest absolute Gasteiger partial charge is 0.457 e. The lowest BCUT2D eigenvalue weighted by atomic mass is 9.94. The molecule has 3 saturated heterocycles. The van der Waals surface area contributed by atoms with E-state index in [9.17, 15) is 4.79 Å². The number of hydrogen-bond acceptors (Lipinski definition) is 10. The predicted molar refractivity (Wildman–Crippen MR) is 184 cm³/mol. The van der Waals surface area contributed by atoms with Crippen LogP contribution in [0.4, 0.5) is 9.18 Å². The van der Waals surface area contributed by atoms with Crippen molar-refractivity contribution in [2.24, 2.45) is 15.8 Å². The summed E-state index contributed by atoms with van der Waals surface area (Å²) in [4.78, 5) is 25.4. The minimum absolute atomic E-state index is 0.233. The molecule has 12 heteroatoms. The minimum atomic E-state index is -1.06. The van der Waals surface area contributed by atoms with Gasteiger partial charge in [0.2, 0.25) is 0 Å². The Morgan fingerprint density at radius 2 is 1.56 bits per heavy atom. The molecular weight excluding hydrogens is 611 g/mol. The van der Waals surface area contributed by atoms with Crippen LogP contribution < -0.4 is 10.5 Å². The Labute approximate surface area is 282 Å². The molecule has 3 fully saturated rings. The van der Waals surface area contributed by atoms with Crippen molar-refractivity contribution >= 4 is 18.1 Å². The third kappa shape index (κ3) is 6.60. The van der Waals surface area contributed by atoms with Crippen molar-refractivity contribution in [1.29, 1.82) is 0 Å². The van der Waals surface area contributed by atoms with Gasteiger partial charge in [0.25, 0.3) is 0 Å². The first-order valence-electron chi connectivity index (χ1n) is 17.1. The molecule has 0 aromatic heterocycles. The summed E-state index contributed by atoms with van der Waals surface area (Å²) in [7, 11) is 1.94. The highest BCUT2D eigenvalue weighted by atomic mass is 19.1. The van der Waals surface area contributed by atoms with Crippen LogP contribution in [0.2, 0.25) is 0 Å². The molecule has 2 aromatic rings. The second-order valence-corrected chi connectivity index (χ2v) is 14.5. The van der Waals surface area contributed by atoms with E-state index in [1.54, 1.807) is 11.2 Å². The van der Waals surface area contributed by atoms with Gasteiger partial charge in [0.1, 0.15) is 34.8 Å². The van der Waals surface area contributed by atoms with E-state index < -0.39 is 11.8 Å². The molecule has 0 aliphatic carbocycles. The maximum Gasteiger partial charge on any atom is 0.410 e. The van der Waals surface area contributed by atoms with Crippen molar-refractivity contribution in [1.82, 2.24) is 24.6 Å². The minimum Gasteiger partial charge on any atom is -0.457 e. The van der Waals surface area contributed by atoms with E-state index in [1.807, 2.05) is 92.3 Å². The second-order valence-electron chi connectivity index (χ2n) is 14.5. The fourth-order valence-electron chi connectivity index (χ4n) is 7.51. The third-order valence-corrected chi connectivity index (χ3v) is 10.1. The van der Waals surface area contributed by atoms with Crippen molar-refractivity contribution in [2.45, 2.75) is 76.1 Å². The average molecular weight is 659 g/mol. The number of rotatable bonds is 6. The van der Waals surface area contributed by atoms with E-state index in [0.29, 0.717) is 44.0 Å². The number of para-hydroxylation sites is 1. The van der Waals surface area contributed by atoms with Crippen molar-refractivity contribution in [3.63, 3.8) is 0 Å². The topological polar surface area (TPSA) is 102 Å². The van der Waals surface area contributed by atoms with Crippen LogP contribution in [0.15, 0.2) is 76.1 Å². The highest BCUT2D eigenvalue weighted by molar-refractivity contribution is 6.15. The number of nitrogens with two attached hydrogens (primary N) is 1. The van der Waals surface area contributed by atoms with Crippen LogP contribution in [0.5, 0.6) is 11.5 Å². The van der Waals surface area contributed by atoms with Gasteiger partial charge in [-0.3, -0.25) is 14.8 Å². The first-order valence-corrected chi connectivity index (χ1v) is 17.1. The number of amides is 1. The maximum atomic E-state index is 16.3. The van der Waals surface area contributed by atoms with Gasteiger partial charge in [-0.15, -0.1) is 0 Å². The van der Waals surface area contributed by atoms with E-state index in [-0.39, 0.29) is 18.3 Å². The highest BCUT2D eigenvalue weighted by Crippen LogP contribution is 2.37. The first-order chi connectivity index (χ1) is 23.0. The molecule has 3 atom stereocenters. The summed E-state index contributed by atoms with van der Waals surface area (Å²) in [5, 5.41) is 6.98. The molecule has 0 saturated carbocycles. The Kier molecular flexibility index (Phi) is 8.80. The zero-order chi connectivity index (χ0) is 33.6. The number of benzene rings is 2. The summed E-state index contributed by atoms with van der Waals surface area (Å²) in [5.74, 6) is 1.89. The number of hydrazone groups is 1. The van der Waals surface area contributed by atoms with Gasteiger partial charge in [-0.1, -0.05) is 18.2 Å².